The number of benzene rings is 2. The highest BCUT2D eigenvalue weighted by molar-refractivity contribution is 7.91. The van der Waals surface area contributed by atoms with Gasteiger partial charge in [0.2, 0.25) is 27.7 Å². The molecule has 7 rings (SSSR count). The van der Waals surface area contributed by atoms with Gasteiger partial charge in [-0.1, -0.05) is 12.2 Å². The number of halogens is 3. The topological polar surface area (TPSA) is 195 Å². The van der Waals surface area contributed by atoms with Crippen molar-refractivity contribution in [3.8, 4) is 22.9 Å². The van der Waals surface area contributed by atoms with Crippen LogP contribution in [-0.2, 0) is 33.9 Å². The highest BCUT2D eigenvalue weighted by atomic mass is 32.2. The van der Waals surface area contributed by atoms with Crippen LogP contribution in [0.25, 0.3) is 22.0 Å². The molecule has 63 heavy (non-hydrogen) atoms. The lowest BCUT2D eigenvalue weighted by atomic mass is 10.1. The van der Waals surface area contributed by atoms with Gasteiger partial charge in [0.25, 0.3) is 5.91 Å². The molecule has 1 aromatic heterocycles. The lowest BCUT2D eigenvalue weighted by molar-refractivity contribution is -0.274. The van der Waals surface area contributed by atoms with E-state index in [1.807, 2.05) is 31.1 Å². The molecule has 2 saturated carbocycles. The molecule has 2 aliphatic carbocycles. The molecular formula is C43H51F3N6O10S. The molecule has 3 heterocycles. The van der Waals surface area contributed by atoms with E-state index in [0.29, 0.717) is 41.3 Å². The maximum absolute atomic E-state index is 14.6. The number of pyridine rings is 1. The van der Waals surface area contributed by atoms with Crippen LogP contribution in [0, 0.1) is 5.92 Å². The van der Waals surface area contributed by atoms with Crippen molar-refractivity contribution in [2.24, 2.45) is 5.92 Å². The Bertz CT molecular complexity index is 2390. The van der Waals surface area contributed by atoms with Gasteiger partial charge in [-0.2, -0.15) is 0 Å². The Morgan fingerprint density at radius 1 is 1.02 bits per heavy atom. The zero-order valence-electron chi connectivity index (χ0n) is 35.5. The van der Waals surface area contributed by atoms with Gasteiger partial charge in [-0.15, -0.1) is 13.2 Å². The van der Waals surface area contributed by atoms with Gasteiger partial charge in [-0.3, -0.25) is 19.1 Å². The highest BCUT2D eigenvalue weighted by Gasteiger charge is 2.62. The third kappa shape index (κ3) is 10.9. The Morgan fingerprint density at radius 2 is 1.75 bits per heavy atom. The first-order chi connectivity index (χ1) is 29.6. The Labute approximate surface area is 362 Å². The number of alkyl carbamates (subject to hydrolysis) is 1. The number of nitrogens with zero attached hydrogens (tertiary/aromatic N) is 3. The predicted octanol–water partition coefficient (Wildman–Crippen LogP) is 4.96. The second kappa shape index (κ2) is 17.5. The minimum atomic E-state index is -4.88. The fraction of sp³-hybridized carbons (Fsp3) is 0.512. The van der Waals surface area contributed by atoms with Crippen LogP contribution in [-0.4, -0.2) is 117 Å². The number of amides is 4. The van der Waals surface area contributed by atoms with E-state index in [1.165, 1.54) is 29.2 Å². The number of carbonyl (C=O) groups is 4. The van der Waals surface area contributed by atoms with Crippen LogP contribution in [0.2, 0.25) is 0 Å². The van der Waals surface area contributed by atoms with E-state index in [9.17, 15) is 40.8 Å². The molecular weight excluding hydrogens is 850 g/mol. The molecule has 2 aliphatic heterocycles. The molecule has 4 aliphatic rings. The van der Waals surface area contributed by atoms with Crippen LogP contribution in [0.3, 0.4) is 0 Å². The number of ether oxygens (including phenoxy) is 4. The Balaban J connectivity index is 1.24. The van der Waals surface area contributed by atoms with Crippen molar-refractivity contribution < 1.29 is 59.7 Å². The van der Waals surface area contributed by atoms with Crippen LogP contribution >= 0.6 is 0 Å². The molecule has 1 saturated heterocycles. The zero-order chi connectivity index (χ0) is 45.5. The number of aromatic nitrogens is 1. The predicted molar refractivity (Wildman–Crippen MR) is 224 cm³/mol. The fourth-order valence-electron chi connectivity index (χ4n) is 7.68. The maximum Gasteiger partial charge on any atom is 0.573 e. The van der Waals surface area contributed by atoms with Crippen LogP contribution in [0.4, 0.5) is 23.7 Å². The summed E-state index contributed by atoms with van der Waals surface area (Å²) in [5.74, 6) is -3.15. The summed E-state index contributed by atoms with van der Waals surface area (Å²) in [6.45, 7) is 5.12. The second-order valence-corrected chi connectivity index (χ2v) is 19.4. The molecule has 5 atom stereocenters. The van der Waals surface area contributed by atoms with Crippen molar-refractivity contribution in [3.63, 3.8) is 0 Å². The Hall–Kier alpha value is -5.63. The van der Waals surface area contributed by atoms with E-state index in [4.69, 9.17) is 19.2 Å². The van der Waals surface area contributed by atoms with Crippen LogP contribution in [0.15, 0.2) is 60.7 Å². The largest absolute Gasteiger partial charge is 0.573 e. The summed E-state index contributed by atoms with van der Waals surface area (Å²) < 4.78 is 88.8. The van der Waals surface area contributed by atoms with Gasteiger partial charge in [0, 0.05) is 56.1 Å². The first kappa shape index (κ1) is 45.4. The van der Waals surface area contributed by atoms with E-state index < -0.39 is 86.4 Å². The van der Waals surface area contributed by atoms with Crippen molar-refractivity contribution in [2.75, 3.05) is 38.8 Å². The van der Waals surface area contributed by atoms with Crippen molar-refractivity contribution in [2.45, 2.75) is 100 Å². The van der Waals surface area contributed by atoms with Gasteiger partial charge in [0.05, 0.1) is 24.1 Å². The normalized spacial score (nSPS) is 25.0. The summed E-state index contributed by atoms with van der Waals surface area (Å²) in [6, 6.07) is 9.96. The zero-order valence-corrected chi connectivity index (χ0v) is 36.3. The molecule has 0 spiro atoms. The molecule has 0 radical (unpaired) electrons. The SMILES string of the molecule is CN(C)c1ccc2c(OC3C[C@H]4C(=O)N[C@]5(C(=O)NS(=O)(=O)C6CC6)CC5/C=C\CCOCC[C@H](NC(=O)OC(C)(C)C)C(=O)N4C3)nc(-c3ccc(OC(F)(F)F)cc3)cc2c1. The van der Waals surface area contributed by atoms with Gasteiger partial charge in [-0.05, 0) is 100 Å². The quantitative estimate of drug-likeness (QED) is 0.245. The third-order valence-corrected chi connectivity index (χ3v) is 12.9. The molecule has 20 heteroatoms. The van der Waals surface area contributed by atoms with Gasteiger partial charge < -0.3 is 39.4 Å². The maximum atomic E-state index is 14.6. The minimum absolute atomic E-state index is 0.0153. The highest BCUT2D eigenvalue weighted by Crippen LogP contribution is 2.46. The van der Waals surface area contributed by atoms with E-state index in [2.05, 4.69) is 20.1 Å². The van der Waals surface area contributed by atoms with Crippen molar-refractivity contribution in [3.05, 3.63) is 60.7 Å². The fourth-order valence-corrected chi connectivity index (χ4v) is 9.04. The van der Waals surface area contributed by atoms with E-state index >= 15 is 0 Å². The molecule has 0 bridgehead atoms. The lowest BCUT2D eigenvalue weighted by Gasteiger charge is -2.30. The smallest absolute Gasteiger partial charge is 0.472 e. The average Bonchev–Trinajstić information content (AvgIpc) is 4.12. The number of hydrogen-bond acceptors (Lipinski definition) is 12. The molecule has 2 unspecified atom stereocenters. The second-order valence-electron chi connectivity index (χ2n) is 17.4. The molecule has 3 N–H and O–H groups in total. The number of alkyl halides is 3. The first-order valence-electron chi connectivity index (χ1n) is 20.7. The number of hydrogen-bond donors (Lipinski definition) is 3. The molecule has 16 nitrogen and oxygen atoms in total. The number of fused-ring (bicyclic) bond motifs is 3. The Kier molecular flexibility index (Phi) is 12.6. The molecule has 4 amide bonds. The molecule has 3 aromatic rings. The summed E-state index contributed by atoms with van der Waals surface area (Å²) in [4.78, 5) is 64.0. The number of carbonyl (C=O) groups excluding carboxylic acids is 4. The number of anilines is 1. The third-order valence-electron chi connectivity index (χ3n) is 11.1. The van der Waals surface area contributed by atoms with Crippen LogP contribution < -0.4 is 29.7 Å². The van der Waals surface area contributed by atoms with Crippen LogP contribution in [0.1, 0.15) is 59.3 Å². The summed E-state index contributed by atoms with van der Waals surface area (Å²) in [5, 5.41) is 5.98. The van der Waals surface area contributed by atoms with Gasteiger partial charge >= 0.3 is 12.5 Å². The van der Waals surface area contributed by atoms with Crippen molar-refractivity contribution >= 4 is 50.3 Å². The van der Waals surface area contributed by atoms with E-state index in [1.54, 1.807) is 45.1 Å². The standard InChI is InChI=1S/C43H51F3N6O10S/c1-41(2,3)62-40(56)48-33-17-19-59-18-7-6-8-27-23-42(27,39(55)50-63(57,58)31-14-15-31)49-36(53)35-22-30(24-52(35)38(33)54)60-37-32-16-11-28(51(4)5)20-26(32)21-34(47-37)25-9-12-29(13-10-25)61-43(44,45)46/h6,8-13,16,20-21,27,30-31,33,35H,7,14-15,17-19,22-24H2,1-5H3,(H,48,56)(H,49,53)(H,50,55)/b8-6-/t27?,30?,33-,35-,42+/m0/s1. The molecule has 2 aromatic carbocycles. The van der Waals surface area contributed by atoms with Crippen LogP contribution in [0.5, 0.6) is 11.6 Å². The summed E-state index contributed by atoms with van der Waals surface area (Å²) in [5.41, 5.74) is -0.910. The van der Waals surface area contributed by atoms with Gasteiger partial charge in [0.15, 0.2) is 0 Å². The Morgan fingerprint density at radius 3 is 2.41 bits per heavy atom. The summed E-state index contributed by atoms with van der Waals surface area (Å²) >= 11 is 0. The number of nitrogens with one attached hydrogen (secondary N) is 3. The number of sulfonamides is 1. The summed E-state index contributed by atoms with van der Waals surface area (Å²) in [7, 11) is -0.264. The lowest BCUT2D eigenvalue weighted by Crippen LogP contribution is -2.58. The van der Waals surface area contributed by atoms with E-state index in [0.717, 1.165) is 5.69 Å². The molecule has 3 fully saturated rings. The van der Waals surface area contributed by atoms with Crippen molar-refractivity contribution in [1.82, 2.24) is 25.2 Å². The molecule has 340 valence electrons. The average molecular weight is 901 g/mol. The minimum Gasteiger partial charge on any atom is -0.472 e. The van der Waals surface area contributed by atoms with E-state index in [-0.39, 0.29) is 44.9 Å². The van der Waals surface area contributed by atoms with Gasteiger partial charge in [0.1, 0.15) is 35.1 Å². The first-order valence-corrected chi connectivity index (χ1v) is 22.2. The summed E-state index contributed by atoms with van der Waals surface area (Å²) in [6.07, 6.45) is -1.87. The monoisotopic (exact) mass is 900 g/mol. The van der Waals surface area contributed by atoms with Crippen molar-refractivity contribution in [1.29, 1.82) is 0 Å². The number of rotatable bonds is 9. The van der Waals surface area contributed by atoms with Gasteiger partial charge in [-0.25, -0.2) is 18.2 Å².